The van der Waals surface area contributed by atoms with Crippen molar-refractivity contribution in [2.75, 3.05) is 6.54 Å². The Morgan fingerprint density at radius 2 is 2.13 bits per heavy atom. The van der Waals surface area contributed by atoms with Crippen LogP contribution in [0.4, 0.5) is 0 Å². The highest BCUT2D eigenvalue weighted by molar-refractivity contribution is 9.10. The average Bonchev–Trinajstić information content (AvgIpc) is 2.07. The minimum Gasteiger partial charge on any atom is -0.389 e. The highest BCUT2D eigenvalue weighted by Gasteiger charge is 2.11. The largest absolute Gasteiger partial charge is 0.389 e. The molecule has 0 radical (unpaired) electrons. The van der Waals surface area contributed by atoms with E-state index < -0.39 is 5.60 Å². The molecule has 0 aliphatic carbocycles. The molecule has 0 aromatic heterocycles. The zero-order chi connectivity index (χ0) is 11.5. The van der Waals surface area contributed by atoms with E-state index in [4.69, 9.17) is 11.6 Å². The maximum atomic E-state index is 9.51. The third kappa shape index (κ3) is 4.98. The topological polar surface area (TPSA) is 32.3 Å². The second kappa shape index (κ2) is 5.30. The van der Waals surface area contributed by atoms with Crippen LogP contribution in [0.25, 0.3) is 0 Å². The Morgan fingerprint density at radius 3 is 2.67 bits per heavy atom. The molecule has 0 heterocycles. The van der Waals surface area contributed by atoms with E-state index in [0.717, 1.165) is 15.1 Å². The average molecular weight is 293 g/mol. The molecule has 4 heteroatoms. The van der Waals surface area contributed by atoms with Crippen molar-refractivity contribution >= 4 is 27.5 Å². The molecular weight excluding hydrogens is 277 g/mol. The molecule has 2 nitrogen and oxygen atoms in total. The Hall–Kier alpha value is -0.0900. The molecule has 0 spiro atoms. The molecule has 0 fully saturated rings. The maximum absolute atomic E-state index is 9.51. The Labute approximate surface area is 104 Å². The number of hydrogen-bond acceptors (Lipinski definition) is 2. The Morgan fingerprint density at radius 1 is 1.47 bits per heavy atom. The van der Waals surface area contributed by atoms with Crippen molar-refractivity contribution in [3.63, 3.8) is 0 Å². The van der Waals surface area contributed by atoms with Crippen LogP contribution in [-0.4, -0.2) is 17.3 Å². The highest BCUT2D eigenvalue weighted by Crippen LogP contribution is 2.21. The number of hydrogen-bond donors (Lipinski definition) is 2. The lowest BCUT2D eigenvalue weighted by molar-refractivity contribution is 0.0795. The van der Waals surface area contributed by atoms with Crippen molar-refractivity contribution in [1.29, 1.82) is 0 Å². The molecule has 1 aromatic carbocycles. The zero-order valence-corrected chi connectivity index (χ0v) is 11.2. The molecule has 0 unspecified atom stereocenters. The van der Waals surface area contributed by atoms with Gasteiger partial charge in [0.25, 0.3) is 0 Å². The first kappa shape index (κ1) is 13.0. The molecule has 2 N–H and O–H groups in total. The van der Waals surface area contributed by atoms with Gasteiger partial charge in [-0.1, -0.05) is 33.6 Å². The van der Waals surface area contributed by atoms with Crippen LogP contribution in [0.1, 0.15) is 19.4 Å². The van der Waals surface area contributed by atoms with Gasteiger partial charge >= 0.3 is 0 Å². The molecule has 0 aliphatic rings. The van der Waals surface area contributed by atoms with Crippen molar-refractivity contribution in [2.45, 2.75) is 26.0 Å². The van der Waals surface area contributed by atoms with E-state index in [-0.39, 0.29) is 0 Å². The molecule has 1 aromatic rings. The van der Waals surface area contributed by atoms with Gasteiger partial charge in [-0.05, 0) is 31.5 Å². The predicted molar refractivity (Wildman–Crippen MR) is 67.2 cm³/mol. The smallest absolute Gasteiger partial charge is 0.0715 e. The Bertz CT molecular complexity index is 336. The van der Waals surface area contributed by atoms with Gasteiger partial charge in [0.15, 0.2) is 0 Å². The Kier molecular flexibility index (Phi) is 4.59. The van der Waals surface area contributed by atoms with Gasteiger partial charge < -0.3 is 10.4 Å². The first-order valence-electron chi connectivity index (χ1n) is 4.75. The molecule has 0 saturated heterocycles. The Balaban J connectivity index is 2.51. The molecule has 15 heavy (non-hydrogen) atoms. The molecular formula is C11H15BrClNO. The predicted octanol–water partition coefficient (Wildman–Crippen LogP) is 2.96. The van der Waals surface area contributed by atoms with Crippen LogP contribution in [-0.2, 0) is 6.54 Å². The van der Waals surface area contributed by atoms with Crippen LogP contribution in [0.5, 0.6) is 0 Å². The van der Waals surface area contributed by atoms with Crippen molar-refractivity contribution in [1.82, 2.24) is 5.32 Å². The second-order valence-electron chi connectivity index (χ2n) is 4.15. The van der Waals surface area contributed by atoms with E-state index in [1.54, 1.807) is 13.8 Å². The van der Waals surface area contributed by atoms with E-state index in [0.29, 0.717) is 13.1 Å². The lowest BCUT2D eigenvalue weighted by atomic mass is 10.1. The number of rotatable bonds is 4. The summed E-state index contributed by atoms with van der Waals surface area (Å²) < 4.78 is 0.971. The van der Waals surface area contributed by atoms with Crippen LogP contribution in [0.15, 0.2) is 22.7 Å². The van der Waals surface area contributed by atoms with E-state index in [2.05, 4.69) is 21.2 Å². The summed E-state index contributed by atoms with van der Waals surface area (Å²) in [7, 11) is 0. The summed E-state index contributed by atoms with van der Waals surface area (Å²) in [4.78, 5) is 0. The summed E-state index contributed by atoms with van der Waals surface area (Å²) in [5.41, 5.74) is 0.339. The molecule has 0 bridgehead atoms. The summed E-state index contributed by atoms with van der Waals surface area (Å²) in [6.45, 7) is 4.74. The van der Waals surface area contributed by atoms with Gasteiger partial charge in [-0.3, -0.25) is 0 Å². The molecule has 0 atom stereocenters. The van der Waals surface area contributed by atoms with E-state index in [1.807, 2.05) is 18.2 Å². The number of nitrogens with one attached hydrogen (secondary N) is 1. The molecule has 0 aliphatic heterocycles. The van der Waals surface area contributed by atoms with Gasteiger partial charge in [-0.2, -0.15) is 0 Å². The summed E-state index contributed by atoms with van der Waals surface area (Å²) in [6, 6.07) is 5.78. The number of aliphatic hydroxyl groups is 1. The van der Waals surface area contributed by atoms with Gasteiger partial charge in [-0.25, -0.2) is 0 Å². The van der Waals surface area contributed by atoms with Gasteiger partial charge in [0, 0.05) is 22.6 Å². The summed E-state index contributed by atoms with van der Waals surface area (Å²) in [5, 5.41) is 13.4. The first-order valence-corrected chi connectivity index (χ1v) is 5.92. The molecule has 84 valence electrons. The van der Waals surface area contributed by atoms with E-state index >= 15 is 0 Å². The summed E-state index contributed by atoms with van der Waals surface area (Å²) in [6.07, 6.45) is 0. The summed E-state index contributed by atoms with van der Waals surface area (Å²) in [5.74, 6) is 0. The highest BCUT2D eigenvalue weighted by atomic mass is 79.9. The fourth-order valence-corrected chi connectivity index (χ4v) is 1.91. The second-order valence-corrected chi connectivity index (χ2v) is 5.47. The molecule has 1 rings (SSSR count). The molecule has 0 saturated carbocycles. The maximum Gasteiger partial charge on any atom is 0.0715 e. The van der Waals surface area contributed by atoms with Gasteiger partial charge in [0.1, 0.15) is 0 Å². The van der Waals surface area contributed by atoms with Gasteiger partial charge in [0.2, 0.25) is 0 Å². The minimum absolute atomic E-state index is 0.541. The van der Waals surface area contributed by atoms with Gasteiger partial charge in [0.05, 0.1) is 5.60 Å². The van der Waals surface area contributed by atoms with Crippen molar-refractivity contribution in [2.24, 2.45) is 0 Å². The van der Waals surface area contributed by atoms with Crippen LogP contribution in [0.2, 0.25) is 5.02 Å². The first-order chi connectivity index (χ1) is 6.88. The number of halogens is 2. The quantitative estimate of drug-likeness (QED) is 0.894. The fourth-order valence-electron chi connectivity index (χ4n) is 1.17. The van der Waals surface area contributed by atoms with Crippen LogP contribution >= 0.6 is 27.5 Å². The standard InChI is InChI=1S/C11H15BrClNO/c1-11(2,15)7-14-6-8-3-4-9(12)5-10(8)13/h3-5,14-15H,6-7H2,1-2H3. The van der Waals surface area contributed by atoms with Crippen molar-refractivity contribution in [3.8, 4) is 0 Å². The van der Waals surface area contributed by atoms with Crippen LogP contribution < -0.4 is 5.32 Å². The third-order valence-corrected chi connectivity index (χ3v) is 2.73. The lowest BCUT2D eigenvalue weighted by Gasteiger charge is -2.18. The van der Waals surface area contributed by atoms with Crippen molar-refractivity contribution < 1.29 is 5.11 Å². The minimum atomic E-state index is -0.693. The van der Waals surface area contributed by atoms with Crippen LogP contribution in [0, 0.1) is 0 Å². The fraction of sp³-hybridized carbons (Fsp3) is 0.455. The van der Waals surface area contributed by atoms with Crippen LogP contribution in [0.3, 0.4) is 0 Å². The lowest BCUT2D eigenvalue weighted by Crippen LogP contribution is -2.34. The molecule has 0 amide bonds. The zero-order valence-electron chi connectivity index (χ0n) is 8.85. The number of benzene rings is 1. The van der Waals surface area contributed by atoms with E-state index in [9.17, 15) is 5.11 Å². The van der Waals surface area contributed by atoms with Gasteiger partial charge in [-0.15, -0.1) is 0 Å². The monoisotopic (exact) mass is 291 g/mol. The summed E-state index contributed by atoms with van der Waals surface area (Å²) >= 11 is 9.40. The third-order valence-electron chi connectivity index (χ3n) is 1.89. The van der Waals surface area contributed by atoms with Crippen molar-refractivity contribution in [3.05, 3.63) is 33.3 Å². The van der Waals surface area contributed by atoms with E-state index in [1.165, 1.54) is 0 Å². The normalized spacial score (nSPS) is 11.8. The SMILES string of the molecule is CC(C)(O)CNCc1ccc(Br)cc1Cl.